The lowest BCUT2D eigenvalue weighted by Gasteiger charge is -2.20. The van der Waals surface area contributed by atoms with Crippen LogP contribution in [0.5, 0.6) is 0 Å². The van der Waals surface area contributed by atoms with Gasteiger partial charge in [0.05, 0.1) is 13.2 Å². The molecule has 0 spiro atoms. The Morgan fingerprint density at radius 1 is 0.680 bits per heavy atom. The van der Waals surface area contributed by atoms with E-state index in [-0.39, 0.29) is 12.2 Å². The van der Waals surface area contributed by atoms with Crippen molar-refractivity contribution in [2.24, 2.45) is 0 Å². The second-order valence-electron chi connectivity index (χ2n) is 12.0. The number of nitrogens with one attached hydrogen (secondary N) is 1. The van der Waals surface area contributed by atoms with E-state index in [0.29, 0.717) is 12.8 Å². The molecule has 0 bridgehead atoms. The van der Waals surface area contributed by atoms with Crippen LogP contribution in [-0.2, 0) is 45.0 Å². The van der Waals surface area contributed by atoms with Gasteiger partial charge in [-0.25, -0.2) is 23.1 Å². The zero-order valence-corrected chi connectivity index (χ0v) is 32.1. The quantitative estimate of drug-likeness (QED) is 0.0323. The van der Waals surface area contributed by atoms with Gasteiger partial charge in [-0.15, -0.1) is 0 Å². The number of aryl methyl sites for hydroxylation is 1. The van der Waals surface area contributed by atoms with Gasteiger partial charge in [0.25, 0.3) is 5.56 Å². The number of aromatic nitrogens is 2. The molecule has 1 aliphatic heterocycles. The topological polar surface area (TPSA) is 259 Å². The highest BCUT2D eigenvalue weighted by Crippen LogP contribution is 2.71. The maximum absolute atomic E-state index is 12.2. The lowest BCUT2D eigenvalue weighted by molar-refractivity contribution is -0.0105. The average Bonchev–Trinajstić information content (AvgIpc) is 3.46. The molecule has 0 saturated carbocycles. The number of ether oxygens (including phenoxy) is 1. The van der Waals surface area contributed by atoms with Crippen molar-refractivity contribution in [3.63, 3.8) is 0 Å². The number of H-pyrrole nitrogens is 1. The van der Waals surface area contributed by atoms with Gasteiger partial charge in [0.15, 0.2) is 6.23 Å². The van der Waals surface area contributed by atoms with E-state index in [1.165, 1.54) is 89.5 Å². The fourth-order valence-electron chi connectivity index (χ4n) is 4.98. The second kappa shape index (κ2) is 22.2. The Bertz CT molecular complexity index is 1510. The molecule has 290 valence electrons. The number of phosphoric acid groups is 4. The van der Waals surface area contributed by atoms with Crippen LogP contribution < -0.4 is 11.2 Å². The van der Waals surface area contributed by atoms with Crippen LogP contribution in [0.4, 0.5) is 0 Å². The van der Waals surface area contributed by atoms with Crippen molar-refractivity contribution in [1.29, 1.82) is 0 Å². The molecule has 1 aromatic rings. The van der Waals surface area contributed by atoms with Gasteiger partial charge in [-0.1, -0.05) is 109 Å². The maximum atomic E-state index is 12.2. The predicted octanol–water partition coefficient (Wildman–Crippen LogP) is 7.04. The van der Waals surface area contributed by atoms with E-state index in [1.54, 1.807) is 0 Å². The Kier molecular flexibility index (Phi) is 20.0. The van der Waals surface area contributed by atoms with E-state index < -0.39 is 61.5 Å². The predicted molar refractivity (Wildman–Crippen MR) is 183 cm³/mol. The van der Waals surface area contributed by atoms with E-state index in [0.717, 1.165) is 30.3 Å². The molecular weight excluding hydrogens is 744 g/mol. The zero-order chi connectivity index (χ0) is 37.3. The number of unbranched alkanes of at least 4 members (excludes halogenated alkanes) is 15. The molecule has 0 amide bonds. The highest BCUT2D eigenvalue weighted by Gasteiger charge is 2.46. The van der Waals surface area contributed by atoms with Crippen LogP contribution in [0.25, 0.3) is 0 Å². The smallest absolute Gasteiger partial charge is 0.344 e. The first-order valence-electron chi connectivity index (χ1n) is 16.8. The van der Waals surface area contributed by atoms with Crippen molar-refractivity contribution in [2.75, 3.05) is 13.2 Å². The van der Waals surface area contributed by atoms with Gasteiger partial charge in [0.1, 0.15) is 6.10 Å². The summed E-state index contributed by atoms with van der Waals surface area (Å²) in [6, 6.07) is 0. The molecule has 50 heavy (non-hydrogen) atoms. The van der Waals surface area contributed by atoms with Crippen LogP contribution in [0.2, 0.25) is 0 Å². The summed E-state index contributed by atoms with van der Waals surface area (Å²) in [5, 5.41) is 0. The van der Waals surface area contributed by atoms with Gasteiger partial charge < -0.3 is 24.3 Å². The second-order valence-corrected chi connectivity index (χ2v) is 18.2. The Labute approximate surface area is 292 Å². The normalized spacial score (nSPS) is 21.0. The largest absolute Gasteiger partial charge is 0.490 e. The molecule has 2 heterocycles. The summed E-state index contributed by atoms with van der Waals surface area (Å²) in [4.78, 5) is 64.7. The van der Waals surface area contributed by atoms with Crippen LogP contribution in [0.15, 0.2) is 27.9 Å². The lowest BCUT2D eigenvalue weighted by atomic mass is 10.0. The average molecular weight is 797 g/mol. The van der Waals surface area contributed by atoms with Gasteiger partial charge >= 0.3 is 37.0 Å². The third-order valence-corrected chi connectivity index (χ3v) is 13.4. The Morgan fingerprint density at radius 3 is 1.62 bits per heavy atom. The third-order valence-electron chi connectivity index (χ3n) is 7.50. The summed E-state index contributed by atoms with van der Waals surface area (Å²) in [6.45, 7) is 2.57. The monoisotopic (exact) mass is 796 g/mol. The fraction of sp³-hybridized carbons (Fsp3) is 0.786. The van der Waals surface area contributed by atoms with Gasteiger partial charge in [0, 0.05) is 11.8 Å². The standard InChI is InChI=1S/C28H52N2O16P4/c1-3-4-5-6-7-8-9-10-11-12-13-14-15-16-17-18-21-41-47(33,34)44-49(37,38)46-50(39,40)45-48(35,36)42-23-25-19-20-26(43-25)30-22-24(2)27(31)29-28(30)32/h19-20,22,25-26H,3-18,21,23H2,1-2H3,(H,33,34)(H,35,36)(H,37,38)(H,39,40)(H,29,31,32)/t25-,26+/m0/s1. The molecule has 1 aliphatic rings. The van der Waals surface area contributed by atoms with Crippen molar-refractivity contribution in [3.05, 3.63) is 44.8 Å². The SMILES string of the molecule is CCCCCCCCCCCCCCCCCCOP(=O)(O)OP(=O)(O)OP(=O)(O)OP(=O)(O)OC[C@@H]1C=C[C@H](n2cc(C)c(=O)[nH]c2=O)O1. The minimum absolute atomic E-state index is 0.206. The van der Waals surface area contributed by atoms with Gasteiger partial charge in [-0.2, -0.15) is 12.9 Å². The Balaban J connectivity index is 1.61. The Hall–Kier alpha value is -1.06. The first kappa shape index (κ1) is 45.1. The van der Waals surface area contributed by atoms with Crippen LogP contribution in [0.3, 0.4) is 0 Å². The molecular formula is C28H52N2O16P4. The summed E-state index contributed by atoms with van der Waals surface area (Å²) >= 11 is 0. The van der Waals surface area contributed by atoms with E-state index in [9.17, 15) is 47.4 Å². The van der Waals surface area contributed by atoms with Crippen LogP contribution in [0, 0.1) is 6.92 Å². The number of nitrogens with zero attached hydrogens (tertiary/aromatic N) is 1. The number of rotatable bonds is 28. The van der Waals surface area contributed by atoms with Gasteiger partial charge in [-0.3, -0.25) is 23.4 Å². The molecule has 4 unspecified atom stereocenters. The molecule has 22 heteroatoms. The van der Waals surface area contributed by atoms with E-state index >= 15 is 0 Å². The molecule has 2 rings (SSSR count). The van der Waals surface area contributed by atoms with Crippen LogP contribution >= 0.6 is 31.3 Å². The molecule has 5 N–H and O–H groups in total. The number of hydrogen-bond donors (Lipinski definition) is 5. The van der Waals surface area contributed by atoms with E-state index in [1.807, 2.05) is 0 Å². The molecule has 1 aromatic heterocycles. The molecule has 6 atom stereocenters. The van der Waals surface area contributed by atoms with Gasteiger partial charge in [0.2, 0.25) is 0 Å². The summed E-state index contributed by atoms with van der Waals surface area (Å²) in [5.41, 5.74) is -1.18. The van der Waals surface area contributed by atoms with E-state index in [4.69, 9.17) is 4.74 Å². The maximum Gasteiger partial charge on any atom is 0.490 e. The van der Waals surface area contributed by atoms with Crippen molar-refractivity contribution >= 4 is 31.3 Å². The molecule has 0 radical (unpaired) electrons. The molecule has 0 fully saturated rings. The third kappa shape index (κ3) is 19.1. The van der Waals surface area contributed by atoms with Crippen molar-refractivity contribution in [2.45, 2.75) is 129 Å². The number of aromatic amines is 1. The summed E-state index contributed by atoms with van der Waals surface area (Å²) in [6.07, 6.45) is 19.7. The highest BCUT2D eigenvalue weighted by molar-refractivity contribution is 7.69. The molecule has 0 aromatic carbocycles. The van der Waals surface area contributed by atoms with Gasteiger partial charge in [-0.05, 0) is 19.4 Å². The fourth-order valence-corrected chi connectivity index (χ4v) is 9.96. The Morgan fingerprint density at radius 2 is 1.12 bits per heavy atom. The summed E-state index contributed by atoms with van der Waals surface area (Å²) in [7, 11) is -22.5. The van der Waals surface area contributed by atoms with Crippen molar-refractivity contribution in [1.82, 2.24) is 9.55 Å². The number of phosphoric ester groups is 2. The van der Waals surface area contributed by atoms with E-state index in [2.05, 4.69) is 33.9 Å². The van der Waals surface area contributed by atoms with Crippen molar-refractivity contribution < 1.29 is 64.6 Å². The minimum atomic E-state index is -5.93. The molecule has 0 aliphatic carbocycles. The molecule has 0 saturated heterocycles. The molecule has 18 nitrogen and oxygen atoms in total. The first-order valence-corrected chi connectivity index (χ1v) is 22.8. The first-order chi connectivity index (χ1) is 23.4. The number of hydrogen-bond acceptors (Lipinski definition) is 12. The summed E-state index contributed by atoms with van der Waals surface area (Å²) in [5.74, 6) is 0. The highest BCUT2D eigenvalue weighted by atomic mass is 31.3. The van der Waals surface area contributed by atoms with Crippen LogP contribution in [-0.4, -0.2) is 48.4 Å². The lowest BCUT2D eigenvalue weighted by Crippen LogP contribution is -2.33. The van der Waals surface area contributed by atoms with Crippen molar-refractivity contribution in [3.8, 4) is 0 Å². The summed E-state index contributed by atoms with van der Waals surface area (Å²) < 4.78 is 76.1. The zero-order valence-electron chi connectivity index (χ0n) is 28.5. The van der Waals surface area contributed by atoms with Crippen LogP contribution in [0.1, 0.15) is 121 Å². The minimum Gasteiger partial charge on any atom is -0.344 e.